The zero-order valence-corrected chi connectivity index (χ0v) is 14.0. The summed E-state index contributed by atoms with van der Waals surface area (Å²) >= 11 is 5.82. The Labute approximate surface area is 145 Å². The Bertz CT molecular complexity index is 704. The molecular weight excluding hydrogens is 330 g/mol. The quantitative estimate of drug-likeness (QED) is 0.751. The van der Waals surface area contributed by atoms with Gasteiger partial charge >= 0.3 is 0 Å². The largest absolute Gasteiger partial charge is 0.383 e. The van der Waals surface area contributed by atoms with Gasteiger partial charge in [-0.05, 0) is 29.8 Å². The van der Waals surface area contributed by atoms with Gasteiger partial charge in [0.05, 0.1) is 6.61 Å². The maximum atomic E-state index is 12.2. The molecule has 0 aliphatic rings. The molecular formula is C17H18ClN3O3. The highest BCUT2D eigenvalue weighted by molar-refractivity contribution is 6.30. The molecule has 2 aromatic rings. The van der Waals surface area contributed by atoms with Gasteiger partial charge in [-0.25, -0.2) is 0 Å². The van der Waals surface area contributed by atoms with Crippen LogP contribution in [0.2, 0.25) is 5.02 Å². The van der Waals surface area contributed by atoms with Crippen LogP contribution in [0.15, 0.2) is 42.6 Å². The van der Waals surface area contributed by atoms with Crippen LogP contribution in [-0.4, -0.2) is 37.1 Å². The number of aromatic nitrogens is 1. The van der Waals surface area contributed by atoms with E-state index in [1.807, 2.05) is 12.1 Å². The van der Waals surface area contributed by atoms with Crippen molar-refractivity contribution in [1.29, 1.82) is 0 Å². The molecule has 0 aliphatic heterocycles. The van der Waals surface area contributed by atoms with Gasteiger partial charge < -0.3 is 15.4 Å². The second-order valence-electron chi connectivity index (χ2n) is 4.99. The van der Waals surface area contributed by atoms with Crippen molar-refractivity contribution in [1.82, 2.24) is 15.6 Å². The Morgan fingerprint density at radius 3 is 2.58 bits per heavy atom. The van der Waals surface area contributed by atoms with Crippen LogP contribution < -0.4 is 10.6 Å². The van der Waals surface area contributed by atoms with Crippen LogP contribution in [0.1, 0.15) is 26.4 Å². The fourth-order valence-electron chi connectivity index (χ4n) is 1.94. The molecule has 1 aromatic carbocycles. The van der Waals surface area contributed by atoms with E-state index in [0.29, 0.717) is 30.3 Å². The maximum Gasteiger partial charge on any atom is 0.269 e. The van der Waals surface area contributed by atoms with Crippen molar-refractivity contribution < 1.29 is 14.3 Å². The van der Waals surface area contributed by atoms with Crippen LogP contribution in [0.4, 0.5) is 0 Å². The molecule has 0 saturated carbocycles. The summed E-state index contributed by atoms with van der Waals surface area (Å²) in [5, 5.41) is 6.09. The highest BCUT2D eigenvalue weighted by Crippen LogP contribution is 2.09. The van der Waals surface area contributed by atoms with Gasteiger partial charge in [0.15, 0.2) is 0 Å². The van der Waals surface area contributed by atoms with Gasteiger partial charge in [0, 0.05) is 37.0 Å². The molecule has 2 amide bonds. The van der Waals surface area contributed by atoms with E-state index in [-0.39, 0.29) is 17.5 Å². The molecule has 0 fully saturated rings. The molecule has 6 nitrogen and oxygen atoms in total. The van der Waals surface area contributed by atoms with Gasteiger partial charge in [-0.1, -0.05) is 23.7 Å². The normalized spacial score (nSPS) is 10.2. The molecule has 24 heavy (non-hydrogen) atoms. The summed E-state index contributed by atoms with van der Waals surface area (Å²) < 4.78 is 4.86. The summed E-state index contributed by atoms with van der Waals surface area (Å²) in [7, 11) is 1.55. The van der Waals surface area contributed by atoms with Gasteiger partial charge in [0.25, 0.3) is 11.8 Å². The average molecular weight is 348 g/mol. The molecule has 1 heterocycles. The first-order chi connectivity index (χ1) is 11.6. The minimum Gasteiger partial charge on any atom is -0.383 e. The van der Waals surface area contributed by atoms with Crippen LogP contribution in [0.5, 0.6) is 0 Å². The summed E-state index contributed by atoms with van der Waals surface area (Å²) in [5.74, 6) is -0.627. The summed E-state index contributed by atoms with van der Waals surface area (Å²) in [6.07, 6.45) is 1.43. The van der Waals surface area contributed by atoms with E-state index in [1.165, 1.54) is 12.3 Å². The SMILES string of the molecule is COCCNC(=O)c1cc(C(=O)NCc2ccc(Cl)cc2)ccn1. The maximum absolute atomic E-state index is 12.2. The lowest BCUT2D eigenvalue weighted by atomic mass is 10.2. The number of carbonyl (C=O) groups excluding carboxylic acids is 2. The van der Waals surface area contributed by atoms with E-state index in [9.17, 15) is 9.59 Å². The van der Waals surface area contributed by atoms with E-state index < -0.39 is 0 Å². The Balaban J connectivity index is 1.95. The van der Waals surface area contributed by atoms with Crippen LogP contribution in [0.25, 0.3) is 0 Å². The third kappa shape index (κ3) is 5.33. The molecule has 2 N–H and O–H groups in total. The fourth-order valence-corrected chi connectivity index (χ4v) is 2.07. The number of hydrogen-bond donors (Lipinski definition) is 2. The number of nitrogens with zero attached hydrogens (tertiary/aromatic N) is 1. The number of hydrogen-bond acceptors (Lipinski definition) is 4. The summed E-state index contributed by atoms with van der Waals surface area (Å²) in [6, 6.07) is 10.2. The minimum absolute atomic E-state index is 0.185. The molecule has 0 spiro atoms. The van der Waals surface area contributed by atoms with Crippen molar-refractivity contribution in [3.63, 3.8) is 0 Å². The van der Waals surface area contributed by atoms with Crippen molar-refractivity contribution in [3.05, 3.63) is 64.4 Å². The number of halogens is 1. The third-order valence-corrected chi connectivity index (χ3v) is 3.46. The van der Waals surface area contributed by atoms with Crippen molar-refractivity contribution in [2.75, 3.05) is 20.3 Å². The van der Waals surface area contributed by atoms with Crippen molar-refractivity contribution >= 4 is 23.4 Å². The molecule has 2 rings (SSSR count). The van der Waals surface area contributed by atoms with Crippen LogP contribution in [0.3, 0.4) is 0 Å². The third-order valence-electron chi connectivity index (χ3n) is 3.21. The van der Waals surface area contributed by atoms with Gasteiger partial charge in [-0.3, -0.25) is 14.6 Å². The second-order valence-corrected chi connectivity index (χ2v) is 5.42. The van der Waals surface area contributed by atoms with E-state index in [4.69, 9.17) is 16.3 Å². The molecule has 0 aliphatic carbocycles. The van der Waals surface area contributed by atoms with Crippen LogP contribution >= 0.6 is 11.6 Å². The lowest BCUT2D eigenvalue weighted by Gasteiger charge is -2.07. The number of nitrogens with one attached hydrogen (secondary N) is 2. The van der Waals surface area contributed by atoms with E-state index >= 15 is 0 Å². The van der Waals surface area contributed by atoms with E-state index in [0.717, 1.165) is 5.56 Å². The van der Waals surface area contributed by atoms with Gasteiger partial charge in [0.2, 0.25) is 0 Å². The number of benzene rings is 1. The monoisotopic (exact) mass is 347 g/mol. The molecule has 7 heteroatoms. The van der Waals surface area contributed by atoms with Gasteiger partial charge in [0.1, 0.15) is 5.69 Å². The standard InChI is InChI=1S/C17H18ClN3O3/c1-24-9-8-20-17(23)15-10-13(6-7-19-15)16(22)21-11-12-2-4-14(18)5-3-12/h2-7,10H,8-9,11H2,1H3,(H,20,23)(H,21,22). The first kappa shape index (κ1) is 17.9. The highest BCUT2D eigenvalue weighted by Gasteiger charge is 2.11. The minimum atomic E-state index is -0.348. The Kier molecular flexibility index (Phi) is 6.72. The number of rotatable bonds is 7. The molecule has 0 bridgehead atoms. The molecule has 1 aromatic heterocycles. The highest BCUT2D eigenvalue weighted by atomic mass is 35.5. The Hall–Kier alpha value is -2.44. The van der Waals surface area contributed by atoms with Gasteiger partial charge in [-0.2, -0.15) is 0 Å². The van der Waals surface area contributed by atoms with Crippen LogP contribution in [0, 0.1) is 0 Å². The summed E-state index contributed by atoms with van der Waals surface area (Å²) in [4.78, 5) is 28.1. The second kappa shape index (κ2) is 9.00. The Morgan fingerprint density at radius 1 is 1.12 bits per heavy atom. The first-order valence-corrected chi connectivity index (χ1v) is 7.74. The zero-order chi connectivity index (χ0) is 17.4. The lowest BCUT2D eigenvalue weighted by molar-refractivity contribution is 0.0932. The summed E-state index contributed by atoms with van der Waals surface area (Å²) in [6.45, 7) is 1.16. The lowest BCUT2D eigenvalue weighted by Crippen LogP contribution is -2.28. The zero-order valence-electron chi connectivity index (χ0n) is 13.2. The van der Waals surface area contributed by atoms with Crippen molar-refractivity contribution in [2.24, 2.45) is 0 Å². The Morgan fingerprint density at radius 2 is 1.88 bits per heavy atom. The van der Waals surface area contributed by atoms with Gasteiger partial charge in [-0.15, -0.1) is 0 Å². The fraction of sp³-hybridized carbons (Fsp3) is 0.235. The molecule has 0 saturated heterocycles. The number of ether oxygens (including phenoxy) is 1. The van der Waals surface area contributed by atoms with Crippen molar-refractivity contribution in [2.45, 2.75) is 6.54 Å². The molecule has 0 radical (unpaired) electrons. The summed E-state index contributed by atoms with van der Waals surface area (Å²) in [5.41, 5.74) is 1.49. The molecule has 0 unspecified atom stereocenters. The topological polar surface area (TPSA) is 80.3 Å². The smallest absolute Gasteiger partial charge is 0.269 e. The predicted molar refractivity (Wildman–Crippen MR) is 91.1 cm³/mol. The number of pyridine rings is 1. The number of amides is 2. The van der Waals surface area contributed by atoms with E-state index in [2.05, 4.69) is 15.6 Å². The van der Waals surface area contributed by atoms with E-state index in [1.54, 1.807) is 25.3 Å². The molecule has 0 atom stereocenters. The van der Waals surface area contributed by atoms with Crippen molar-refractivity contribution in [3.8, 4) is 0 Å². The first-order valence-electron chi connectivity index (χ1n) is 7.36. The molecule has 126 valence electrons. The average Bonchev–Trinajstić information content (AvgIpc) is 2.61. The van der Waals surface area contributed by atoms with Crippen LogP contribution in [-0.2, 0) is 11.3 Å². The number of carbonyl (C=O) groups is 2. The predicted octanol–water partition coefficient (Wildman–Crippen LogP) is 2.04. The number of methoxy groups -OCH3 is 1.